The second-order valence-corrected chi connectivity index (χ2v) is 9.10. The summed E-state index contributed by atoms with van der Waals surface area (Å²) >= 11 is 0. The largest absolute Gasteiger partial charge is 0.381 e. The van der Waals surface area contributed by atoms with Crippen LogP contribution in [0.4, 0.5) is 5.82 Å². The van der Waals surface area contributed by atoms with E-state index >= 15 is 0 Å². The molecule has 0 atom stereocenters. The molecule has 2 aliphatic rings. The number of nitrogens with two attached hydrogens (primary N) is 1. The predicted molar refractivity (Wildman–Crippen MR) is 130 cm³/mol. The van der Waals surface area contributed by atoms with Crippen LogP contribution in [0, 0.1) is 30.1 Å². The number of hydrogen-bond donors (Lipinski definition) is 1. The summed E-state index contributed by atoms with van der Waals surface area (Å²) in [5.41, 5.74) is 11.1. The van der Waals surface area contributed by atoms with Gasteiger partial charge in [0, 0.05) is 32.2 Å². The number of carbonyl (C=O) groups is 1. The van der Waals surface area contributed by atoms with E-state index in [9.17, 15) is 10.1 Å². The lowest BCUT2D eigenvalue weighted by atomic mass is 9.88. The number of nitriles is 1. The molecule has 4 heterocycles. The molecule has 0 unspecified atom stereocenters. The van der Waals surface area contributed by atoms with E-state index in [-0.39, 0.29) is 19.3 Å². The highest BCUT2D eigenvalue weighted by molar-refractivity contribution is 5.86. The fourth-order valence-corrected chi connectivity index (χ4v) is 5.40. The number of pyridine rings is 1. The third kappa shape index (κ3) is 4.04. The molecular weight excluding hydrogens is 414 g/mol. The monoisotopic (exact) mass is 447 g/mol. The molecule has 2 N–H and O–H groups in total. The molecule has 0 saturated carbocycles. The molecule has 0 bridgehead atoms. The van der Waals surface area contributed by atoms with Crippen LogP contribution >= 0.6 is 0 Å². The number of imidazole rings is 1. The van der Waals surface area contributed by atoms with Gasteiger partial charge < -0.3 is 15.4 Å². The first-order valence-electron chi connectivity index (χ1n) is 11.5. The Morgan fingerprint density at radius 1 is 1.21 bits per heavy atom. The van der Waals surface area contributed by atoms with Gasteiger partial charge >= 0.3 is 0 Å². The number of nitrogens with zero attached hydrogens (tertiary/aromatic N) is 4. The number of hydrogen-bond acceptors (Lipinski definition) is 5. The molecule has 5 rings (SSSR count). The molecule has 2 fully saturated rings. The fraction of sp³-hybridized carbons (Fsp3) is 0.500. The first-order chi connectivity index (χ1) is 15.6. The van der Waals surface area contributed by atoms with E-state index in [1.54, 1.807) is 0 Å². The molecule has 2 aliphatic heterocycles. The Morgan fingerprint density at radius 3 is 2.58 bits per heavy atom. The summed E-state index contributed by atoms with van der Waals surface area (Å²) in [7, 11) is 0. The van der Waals surface area contributed by atoms with E-state index in [0.29, 0.717) is 11.5 Å². The fourth-order valence-electron chi connectivity index (χ4n) is 5.40. The molecule has 1 amide bonds. The Labute approximate surface area is 195 Å². The highest BCUT2D eigenvalue weighted by Crippen LogP contribution is 2.36. The minimum Gasteiger partial charge on any atom is -0.381 e. The summed E-state index contributed by atoms with van der Waals surface area (Å²) in [5.74, 6) is 1.33. The Hall–Kier alpha value is -3.11. The number of piperidine rings is 1. The smallest absolute Gasteiger partial charge is 0.220 e. The highest BCUT2D eigenvalue weighted by Gasteiger charge is 2.29. The zero-order chi connectivity index (χ0) is 22.2. The van der Waals surface area contributed by atoms with Gasteiger partial charge in [0.25, 0.3) is 0 Å². The van der Waals surface area contributed by atoms with Crippen LogP contribution in [-0.4, -0.2) is 41.6 Å². The van der Waals surface area contributed by atoms with Crippen molar-refractivity contribution in [1.82, 2.24) is 9.38 Å². The number of ether oxygens (including phenoxy) is 1. The van der Waals surface area contributed by atoms with Gasteiger partial charge in [0.2, 0.25) is 5.91 Å². The number of primary amides is 1. The Bertz CT molecular complexity index is 1210. The summed E-state index contributed by atoms with van der Waals surface area (Å²) in [6.07, 6.45) is 4.40. The summed E-state index contributed by atoms with van der Waals surface area (Å²) < 4.78 is 7.71. The van der Waals surface area contributed by atoms with E-state index < -0.39 is 0 Å². The lowest BCUT2D eigenvalue weighted by molar-refractivity contribution is -0.122. The maximum absolute atomic E-state index is 11.7. The number of anilines is 1. The zero-order valence-electron chi connectivity index (χ0n) is 18.5. The van der Waals surface area contributed by atoms with Crippen LogP contribution in [0.25, 0.3) is 16.7 Å². The van der Waals surface area contributed by atoms with E-state index in [1.165, 1.54) is 0 Å². The first-order valence-corrected chi connectivity index (χ1v) is 11.5. The van der Waals surface area contributed by atoms with Crippen LogP contribution in [0.3, 0.4) is 0 Å². The van der Waals surface area contributed by atoms with Crippen molar-refractivity contribution < 1.29 is 9.53 Å². The topological polar surface area (TPSA) is 96.7 Å². The maximum Gasteiger partial charge on any atom is 0.220 e. The molecule has 2 aromatic heterocycles. The second kappa shape index (κ2) is 9.40. The SMILES string of the molecule is C.Cc1c(CC2CCOCC2)c(C#N)c2nc3ccccc3n2c1N1CCC(C(N)=O)CC1. The number of amides is 1. The number of para-hydroxylation sites is 2. The number of carbonyl (C=O) groups excluding carboxylic acids is 1. The van der Waals surface area contributed by atoms with E-state index in [1.807, 2.05) is 18.2 Å². The molecule has 2 saturated heterocycles. The summed E-state index contributed by atoms with van der Waals surface area (Å²) in [6, 6.07) is 10.5. The third-order valence-electron chi connectivity index (χ3n) is 7.23. The third-order valence-corrected chi connectivity index (χ3v) is 7.23. The van der Waals surface area contributed by atoms with Gasteiger partial charge in [-0.3, -0.25) is 9.20 Å². The quantitative estimate of drug-likeness (QED) is 0.653. The van der Waals surface area contributed by atoms with Crippen molar-refractivity contribution in [3.8, 4) is 6.07 Å². The standard InChI is InChI=1S/C25H29N5O2.CH4/c1-16-19(14-17-8-12-32-13-9-17)20(15-26)24-28-21-4-2-3-5-22(21)30(24)25(16)29-10-6-18(7-11-29)23(27)31;/h2-5,17-18H,6-14H2,1H3,(H2,27,31);1H4. The van der Waals surface area contributed by atoms with Crippen LogP contribution in [0.1, 0.15) is 49.8 Å². The maximum atomic E-state index is 11.7. The lowest BCUT2D eigenvalue weighted by Gasteiger charge is -2.35. The minimum atomic E-state index is -0.209. The molecule has 7 nitrogen and oxygen atoms in total. The molecule has 7 heteroatoms. The summed E-state index contributed by atoms with van der Waals surface area (Å²) in [6.45, 7) is 5.24. The van der Waals surface area contributed by atoms with E-state index in [4.69, 9.17) is 15.5 Å². The van der Waals surface area contributed by atoms with Crippen molar-refractivity contribution in [1.29, 1.82) is 5.26 Å². The molecule has 174 valence electrons. The first kappa shape index (κ1) is 23.1. The molecule has 0 spiro atoms. The van der Waals surface area contributed by atoms with Crippen molar-refractivity contribution in [2.45, 2.75) is 46.5 Å². The number of benzene rings is 1. The predicted octanol–water partition coefficient (Wildman–Crippen LogP) is 3.97. The van der Waals surface area contributed by atoms with Gasteiger partial charge in [-0.05, 0) is 68.2 Å². The molecule has 0 aliphatic carbocycles. The normalized spacial score (nSPS) is 17.8. The van der Waals surface area contributed by atoms with Crippen LogP contribution < -0.4 is 10.6 Å². The van der Waals surface area contributed by atoms with Gasteiger partial charge in [-0.15, -0.1) is 0 Å². The van der Waals surface area contributed by atoms with Gasteiger partial charge in [-0.25, -0.2) is 4.98 Å². The molecule has 0 radical (unpaired) electrons. The van der Waals surface area contributed by atoms with Crippen molar-refractivity contribution in [3.05, 3.63) is 41.0 Å². The molecule has 1 aromatic carbocycles. The average Bonchev–Trinajstić information content (AvgIpc) is 3.19. The van der Waals surface area contributed by atoms with Gasteiger partial charge in [-0.1, -0.05) is 19.6 Å². The van der Waals surface area contributed by atoms with Crippen LogP contribution in [0.15, 0.2) is 24.3 Å². The number of aromatic nitrogens is 2. The van der Waals surface area contributed by atoms with Crippen molar-refractivity contribution >= 4 is 28.4 Å². The van der Waals surface area contributed by atoms with E-state index in [2.05, 4.69) is 28.4 Å². The minimum absolute atomic E-state index is 0. The second-order valence-electron chi connectivity index (χ2n) is 9.10. The zero-order valence-corrected chi connectivity index (χ0v) is 18.5. The summed E-state index contributed by atoms with van der Waals surface area (Å²) in [5, 5.41) is 10.2. The Morgan fingerprint density at radius 2 is 1.91 bits per heavy atom. The Kier molecular flexibility index (Phi) is 6.57. The van der Waals surface area contributed by atoms with E-state index in [0.717, 1.165) is 92.0 Å². The van der Waals surface area contributed by atoms with Gasteiger partial charge in [-0.2, -0.15) is 5.26 Å². The molecule has 33 heavy (non-hydrogen) atoms. The number of fused-ring (bicyclic) bond motifs is 3. The van der Waals surface area contributed by atoms with Gasteiger partial charge in [0.1, 0.15) is 11.9 Å². The lowest BCUT2D eigenvalue weighted by Crippen LogP contribution is -2.39. The average molecular weight is 448 g/mol. The Balaban J connectivity index is 0.00000259. The summed E-state index contributed by atoms with van der Waals surface area (Å²) in [4.78, 5) is 19.0. The van der Waals surface area contributed by atoms with Crippen LogP contribution in [-0.2, 0) is 16.0 Å². The highest BCUT2D eigenvalue weighted by atomic mass is 16.5. The molecule has 3 aromatic rings. The molecular formula is C26H33N5O2. The van der Waals surface area contributed by atoms with Gasteiger partial charge in [0.15, 0.2) is 5.65 Å². The van der Waals surface area contributed by atoms with Crippen molar-refractivity contribution in [3.63, 3.8) is 0 Å². The van der Waals surface area contributed by atoms with Crippen LogP contribution in [0.5, 0.6) is 0 Å². The van der Waals surface area contributed by atoms with Crippen molar-refractivity contribution in [2.75, 3.05) is 31.2 Å². The van der Waals surface area contributed by atoms with Gasteiger partial charge in [0.05, 0.1) is 16.6 Å². The number of rotatable bonds is 4. The van der Waals surface area contributed by atoms with Crippen LogP contribution in [0.2, 0.25) is 0 Å². The van der Waals surface area contributed by atoms with Crippen molar-refractivity contribution in [2.24, 2.45) is 17.6 Å².